The van der Waals surface area contributed by atoms with Crippen LogP contribution in [0.4, 0.5) is 0 Å². The molecule has 0 aliphatic heterocycles. The quantitative estimate of drug-likeness (QED) is 0.379. The predicted octanol–water partition coefficient (Wildman–Crippen LogP) is 3.80. The molecule has 0 spiro atoms. The van der Waals surface area contributed by atoms with Crippen LogP contribution in [0.3, 0.4) is 0 Å². The maximum absolute atomic E-state index is 13.4. The molecule has 9 heteroatoms. The van der Waals surface area contributed by atoms with Crippen molar-refractivity contribution in [1.29, 1.82) is 0 Å². The minimum absolute atomic E-state index is 0.113. The summed E-state index contributed by atoms with van der Waals surface area (Å²) in [4.78, 5) is 27.2. The van der Waals surface area contributed by atoms with E-state index in [2.05, 4.69) is 20.4 Å². The molecule has 0 saturated carbocycles. The first-order valence-corrected chi connectivity index (χ1v) is 12.2. The van der Waals surface area contributed by atoms with Crippen molar-refractivity contribution in [2.45, 2.75) is 31.5 Å². The molecular weight excluding hydrogens is 446 g/mol. The van der Waals surface area contributed by atoms with Gasteiger partial charge in [-0.05, 0) is 37.8 Å². The third-order valence-corrected chi connectivity index (χ3v) is 6.61. The van der Waals surface area contributed by atoms with Gasteiger partial charge in [-0.2, -0.15) is 4.98 Å². The first kappa shape index (κ1) is 22.1. The number of hydrogen-bond donors (Lipinski definition) is 1. The fourth-order valence-electron chi connectivity index (χ4n) is 4.27. The average Bonchev–Trinajstić information content (AvgIpc) is 3.42. The van der Waals surface area contributed by atoms with Crippen molar-refractivity contribution >= 4 is 34.5 Å². The molecule has 1 atom stereocenters. The first-order chi connectivity index (χ1) is 16.5. The molecule has 0 radical (unpaired) electrons. The lowest BCUT2D eigenvalue weighted by Gasteiger charge is -2.20. The molecule has 5 aromatic rings. The Morgan fingerprint density at radius 2 is 1.76 bits per heavy atom. The van der Waals surface area contributed by atoms with Gasteiger partial charge in [-0.3, -0.25) is 4.79 Å². The fourth-order valence-corrected chi connectivity index (χ4v) is 4.61. The second kappa shape index (κ2) is 8.90. The molecule has 1 N–H and O–H groups in total. The van der Waals surface area contributed by atoms with Crippen molar-refractivity contribution in [1.82, 2.24) is 34.4 Å². The molecule has 0 bridgehead atoms. The van der Waals surface area contributed by atoms with Crippen molar-refractivity contribution in [3.05, 3.63) is 82.9 Å². The second-order valence-electron chi connectivity index (χ2n) is 8.18. The van der Waals surface area contributed by atoms with E-state index < -0.39 is 6.04 Å². The van der Waals surface area contributed by atoms with Crippen LogP contribution >= 0.6 is 11.8 Å². The largest absolute Gasteiger partial charge is 0.342 e. The zero-order valence-corrected chi connectivity index (χ0v) is 20.3. The molecule has 3 heterocycles. The number of imidazole rings is 1. The molecule has 0 fully saturated rings. The van der Waals surface area contributed by atoms with Gasteiger partial charge in [0.2, 0.25) is 11.1 Å². The van der Waals surface area contributed by atoms with E-state index in [9.17, 15) is 4.79 Å². The zero-order chi connectivity index (χ0) is 23.8. The van der Waals surface area contributed by atoms with Gasteiger partial charge in [0, 0.05) is 24.0 Å². The summed E-state index contributed by atoms with van der Waals surface area (Å²) in [5.74, 6) is 1.22. The van der Waals surface area contributed by atoms with Gasteiger partial charge in [-0.25, -0.2) is 14.5 Å². The summed E-state index contributed by atoms with van der Waals surface area (Å²) in [6.45, 7) is 3.85. The Balaban J connectivity index is 1.50. The van der Waals surface area contributed by atoms with E-state index in [1.54, 1.807) is 4.52 Å². The van der Waals surface area contributed by atoms with E-state index in [1.165, 1.54) is 11.8 Å². The molecule has 34 heavy (non-hydrogen) atoms. The number of benzene rings is 2. The van der Waals surface area contributed by atoms with Crippen LogP contribution in [0.15, 0.2) is 59.8 Å². The standard InChI is InChI=1S/C25H25N7OS/c1-15-18(16(2)32-24(26-15)29-25(30-32)34-4)14-21(33)28-22(17-10-6-5-7-11-17)23-27-19-12-8-9-13-20(19)31(23)3/h5-13,22H,14H2,1-4H3,(H,28,33). The van der Waals surface area contributed by atoms with Gasteiger partial charge in [0.05, 0.1) is 17.5 Å². The Kier molecular flexibility index (Phi) is 5.79. The van der Waals surface area contributed by atoms with Gasteiger partial charge in [0.1, 0.15) is 11.9 Å². The van der Waals surface area contributed by atoms with Crippen molar-refractivity contribution < 1.29 is 4.79 Å². The molecule has 0 saturated heterocycles. The number of aromatic nitrogens is 6. The van der Waals surface area contributed by atoms with Crippen LogP contribution in [0.5, 0.6) is 0 Å². The Labute approximate surface area is 201 Å². The van der Waals surface area contributed by atoms with Crippen LogP contribution in [0, 0.1) is 13.8 Å². The van der Waals surface area contributed by atoms with Gasteiger partial charge < -0.3 is 9.88 Å². The van der Waals surface area contributed by atoms with Crippen LogP contribution in [0.2, 0.25) is 0 Å². The minimum Gasteiger partial charge on any atom is -0.342 e. The average molecular weight is 472 g/mol. The van der Waals surface area contributed by atoms with Crippen molar-refractivity contribution in [3.63, 3.8) is 0 Å². The molecule has 1 unspecified atom stereocenters. The molecular formula is C25H25N7OS. The highest BCUT2D eigenvalue weighted by atomic mass is 32.2. The highest BCUT2D eigenvalue weighted by Crippen LogP contribution is 2.25. The molecule has 172 valence electrons. The van der Waals surface area contributed by atoms with E-state index in [4.69, 9.17) is 4.98 Å². The fraction of sp³-hybridized carbons (Fsp3) is 0.240. The lowest BCUT2D eigenvalue weighted by atomic mass is 10.0. The molecule has 0 aliphatic rings. The number of fused-ring (bicyclic) bond motifs is 2. The van der Waals surface area contributed by atoms with E-state index in [0.29, 0.717) is 10.9 Å². The number of rotatable bonds is 6. The molecule has 3 aromatic heterocycles. The van der Waals surface area contributed by atoms with Crippen molar-refractivity contribution in [3.8, 4) is 0 Å². The summed E-state index contributed by atoms with van der Waals surface area (Å²) in [5, 5.41) is 8.37. The summed E-state index contributed by atoms with van der Waals surface area (Å²) < 4.78 is 3.75. The summed E-state index contributed by atoms with van der Waals surface area (Å²) in [7, 11) is 1.98. The number of para-hydroxylation sites is 2. The predicted molar refractivity (Wildman–Crippen MR) is 133 cm³/mol. The summed E-state index contributed by atoms with van der Waals surface area (Å²) in [5.41, 5.74) is 5.37. The topological polar surface area (TPSA) is 90.0 Å². The molecule has 1 amide bonds. The molecule has 2 aromatic carbocycles. The third kappa shape index (κ3) is 3.92. The van der Waals surface area contributed by atoms with E-state index in [1.807, 2.05) is 86.3 Å². The monoisotopic (exact) mass is 471 g/mol. The number of hydrogen-bond acceptors (Lipinski definition) is 6. The molecule has 5 rings (SSSR count). The molecule has 0 aliphatic carbocycles. The Morgan fingerprint density at radius 1 is 1.03 bits per heavy atom. The lowest BCUT2D eigenvalue weighted by molar-refractivity contribution is -0.121. The van der Waals surface area contributed by atoms with Gasteiger partial charge in [-0.1, -0.05) is 54.2 Å². The second-order valence-corrected chi connectivity index (χ2v) is 8.95. The van der Waals surface area contributed by atoms with E-state index >= 15 is 0 Å². The van der Waals surface area contributed by atoms with Gasteiger partial charge in [0.25, 0.3) is 5.78 Å². The molecule has 8 nitrogen and oxygen atoms in total. The van der Waals surface area contributed by atoms with Crippen LogP contribution in [-0.2, 0) is 18.3 Å². The number of carbonyl (C=O) groups excluding carboxylic acids is 1. The van der Waals surface area contributed by atoms with Crippen LogP contribution in [0.1, 0.15) is 34.4 Å². The Hall–Kier alpha value is -3.72. The van der Waals surface area contributed by atoms with Gasteiger partial charge in [-0.15, -0.1) is 5.10 Å². The smallest absolute Gasteiger partial charge is 0.253 e. The van der Waals surface area contributed by atoms with E-state index in [-0.39, 0.29) is 12.3 Å². The summed E-state index contributed by atoms with van der Waals surface area (Å²) in [6.07, 6.45) is 2.11. The normalized spacial score (nSPS) is 12.4. The number of aryl methyl sites for hydroxylation is 3. The van der Waals surface area contributed by atoms with Crippen molar-refractivity contribution in [2.75, 3.05) is 6.26 Å². The van der Waals surface area contributed by atoms with Crippen molar-refractivity contribution in [2.24, 2.45) is 7.05 Å². The zero-order valence-electron chi connectivity index (χ0n) is 19.5. The summed E-state index contributed by atoms with van der Waals surface area (Å²) in [6, 6.07) is 17.5. The number of nitrogens with zero attached hydrogens (tertiary/aromatic N) is 6. The van der Waals surface area contributed by atoms with Crippen LogP contribution < -0.4 is 5.32 Å². The SMILES string of the molecule is CSc1nc2nc(C)c(CC(=O)NC(c3ccccc3)c3nc4ccccc4n3C)c(C)n2n1. The van der Waals surface area contributed by atoms with Crippen LogP contribution in [0.25, 0.3) is 16.8 Å². The third-order valence-electron chi connectivity index (χ3n) is 6.07. The number of carbonyl (C=O) groups is 1. The van der Waals surface area contributed by atoms with E-state index in [0.717, 1.165) is 39.4 Å². The lowest BCUT2D eigenvalue weighted by Crippen LogP contribution is -2.32. The Bertz CT molecular complexity index is 1510. The number of amides is 1. The van der Waals surface area contributed by atoms with Gasteiger partial charge >= 0.3 is 0 Å². The first-order valence-electron chi connectivity index (χ1n) is 11.0. The maximum atomic E-state index is 13.4. The summed E-state index contributed by atoms with van der Waals surface area (Å²) >= 11 is 1.46. The maximum Gasteiger partial charge on any atom is 0.253 e. The van der Waals surface area contributed by atoms with Gasteiger partial charge in [0.15, 0.2) is 0 Å². The Morgan fingerprint density at radius 3 is 2.50 bits per heavy atom. The minimum atomic E-state index is -0.391. The highest BCUT2D eigenvalue weighted by molar-refractivity contribution is 7.98. The number of thioether (sulfide) groups is 1. The van der Waals surface area contributed by atoms with Crippen LogP contribution in [-0.4, -0.2) is 41.3 Å². The highest BCUT2D eigenvalue weighted by Gasteiger charge is 2.24. The number of nitrogens with one attached hydrogen (secondary N) is 1.